The molecular weight excluding hydrogens is 262 g/mol. The average Bonchev–Trinajstić information content (AvgIpc) is 3.20. The van der Waals surface area contributed by atoms with Crippen molar-refractivity contribution in [2.75, 3.05) is 6.54 Å². The monoisotopic (exact) mass is 281 g/mol. The molecule has 0 amide bonds. The Kier molecular flexibility index (Phi) is 4.12. The number of nitrogens with one attached hydrogen (secondary N) is 2. The van der Waals surface area contributed by atoms with Crippen LogP contribution >= 0.6 is 0 Å². The molecule has 0 aliphatic carbocycles. The van der Waals surface area contributed by atoms with Crippen LogP contribution in [-0.2, 0) is 6.42 Å². The second-order valence-corrected chi connectivity index (χ2v) is 5.02. The summed E-state index contributed by atoms with van der Waals surface area (Å²) in [7, 11) is 0. The van der Waals surface area contributed by atoms with Crippen LogP contribution in [0.15, 0.2) is 55.1 Å². The summed E-state index contributed by atoms with van der Waals surface area (Å²) in [4.78, 5) is 7.33. The number of hydrogen-bond acceptors (Lipinski definition) is 3. The van der Waals surface area contributed by atoms with E-state index in [2.05, 4.69) is 33.5 Å². The van der Waals surface area contributed by atoms with Crippen molar-refractivity contribution in [1.29, 1.82) is 0 Å². The molecule has 2 aromatic heterocycles. The maximum atomic E-state index is 4.42. The Hall–Kier alpha value is -2.40. The third-order valence-electron chi connectivity index (χ3n) is 3.49. The van der Waals surface area contributed by atoms with Gasteiger partial charge in [0.15, 0.2) is 0 Å². The van der Waals surface area contributed by atoms with Gasteiger partial charge in [-0.15, -0.1) is 0 Å². The van der Waals surface area contributed by atoms with Crippen LogP contribution in [0.1, 0.15) is 24.4 Å². The number of aromatic nitrogens is 4. The van der Waals surface area contributed by atoms with Gasteiger partial charge in [-0.05, 0) is 19.1 Å². The summed E-state index contributed by atoms with van der Waals surface area (Å²) in [6.07, 6.45) is 8.51. The minimum Gasteiger partial charge on any atom is -0.349 e. The third kappa shape index (κ3) is 3.38. The van der Waals surface area contributed by atoms with Crippen LogP contribution in [0, 0.1) is 0 Å². The van der Waals surface area contributed by atoms with Crippen molar-refractivity contribution < 1.29 is 0 Å². The Labute approximate surface area is 124 Å². The van der Waals surface area contributed by atoms with E-state index in [4.69, 9.17) is 0 Å². The Balaban J connectivity index is 1.58. The molecule has 3 rings (SSSR count). The second-order valence-electron chi connectivity index (χ2n) is 5.02. The fourth-order valence-electron chi connectivity index (χ4n) is 2.24. The first-order valence-electron chi connectivity index (χ1n) is 7.14. The summed E-state index contributed by atoms with van der Waals surface area (Å²) in [5, 5.41) is 7.91. The van der Waals surface area contributed by atoms with E-state index in [0.717, 1.165) is 24.5 Å². The molecule has 2 N–H and O–H groups in total. The van der Waals surface area contributed by atoms with Crippen molar-refractivity contribution in [2.24, 2.45) is 0 Å². The smallest absolute Gasteiger partial charge is 0.107 e. The number of imidazole rings is 1. The van der Waals surface area contributed by atoms with Crippen molar-refractivity contribution in [1.82, 2.24) is 25.1 Å². The highest BCUT2D eigenvalue weighted by Gasteiger charge is 2.08. The second kappa shape index (κ2) is 6.37. The van der Waals surface area contributed by atoms with Crippen molar-refractivity contribution >= 4 is 0 Å². The van der Waals surface area contributed by atoms with Gasteiger partial charge >= 0.3 is 0 Å². The number of aromatic amines is 1. The fraction of sp³-hybridized carbons (Fsp3) is 0.250. The van der Waals surface area contributed by atoms with Crippen LogP contribution < -0.4 is 5.32 Å². The van der Waals surface area contributed by atoms with Crippen LogP contribution in [0.25, 0.3) is 5.69 Å². The average molecular weight is 281 g/mol. The van der Waals surface area contributed by atoms with E-state index in [-0.39, 0.29) is 6.04 Å². The Morgan fingerprint density at radius 3 is 2.90 bits per heavy atom. The molecule has 0 aliphatic heterocycles. The summed E-state index contributed by atoms with van der Waals surface area (Å²) < 4.78 is 1.90. The SMILES string of the molecule is CC(NCCc1ncc[nH]1)c1cnn(-c2ccccc2)c1. The Bertz CT molecular complexity index is 657. The molecule has 0 bridgehead atoms. The third-order valence-corrected chi connectivity index (χ3v) is 3.49. The first-order valence-corrected chi connectivity index (χ1v) is 7.14. The lowest BCUT2D eigenvalue weighted by molar-refractivity contribution is 0.571. The van der Waals surface area contributed by atoms with E-state index in [1.54, 1.807) is 6.20 Å². The van der Waals surface area contributed by atoms with E-state index in [9.17, 15) is 0 Å². The zero-order valence-electron chi connectivity index (χ0n) is 12.0. The highest BCUT2D eigenvalue weighted by molar-refractivity contribution is 5.31. The maximum absolute atomic E-state index is 4.42. The van der Waals surface area contributed by atoms with Gasteiger partial charge in [-0.25, -0.2) is 9.67 Å². The molecule has 5 heteroatoms. The van der Waals surface area contributed by atoms with Gasteiger partial charge in [0.1, 0.15) is 5.82 Å². The summed E-state index contributed by atoms with van der Waals surface area (Å²) in [5.74, 6) is 1.01. The highest BCUT2D eigenvalue weighted by atomic mass is 15.3. The largest absolute Gasteiger partial charge is 0.349 e. The summed E-state index contributed by atoms with van der Waals surface area (Å²) >= 11 is 0. The highest BCUT2D eigenvalue weighted by Crippen LogP contribution is 2.14. The van der Waals surface area contributed by atoms with Gasteiger partial charge in [-0.3, -0.25) is 0 Å². The van der Waals surface area contributed by atoms with E-state index < -0.39 is 0 Å². The summed E-state index contributed by atoms with van der Waals surface area (Å²) in [5.41, 5.74) is 2.25. The Morgan fingerprint density at radius 2 is 2.14 bits per heavy atom. The minimum atomic E-state index is 0.262. The summed E-state index contributed by atoms with van der Waals surface area (Å²) in [6, 6.07) is 10.4. The molecule has 0 radical (unpaired) electrons. The van der Waals surface area contributed by atoms with Crippen LogP contribution in [0.3, 0.4) is 0 Å². The van der Waals surface area contributed by atoms with Crippen molar-refractivity contribution in [3.8, 4) is 5.69 Å². The van der Waals surface area contributed by atoms with Crippen LogP contribution in [0.4, 0.5) is 0 Å². The number of nitrogens with zero attached hydrogens (tertiary/aromatic N) is 3. The maximum Gasteiger partial charge on any atom is 0.107 e. The van der Waals surface area contributed by atoms with Crippen LogP contribution in [0.5, 0.6) is 0 Å². The molecule has 1 aromatic carbocycles. The molecule has 1 unspecified atom stereocenters. The van der Waals surface area contributed by atoms with E-state index in [1.165, 1.54) is 5.56 Å². The van der Waals surface area contributed by atoms with Crippen molar-refractivity contribution in [3.05, 3.63) is 66.5 Å². The van der Waals surface area contributed by atoms with Gasteiger partial charge in [0, 0.05) is 43.2 Å². The standard InChI is InChI=1S/C16H19N5/c1-13(17-8-7-16-18-9-10-19-16)14-11-20-21(12-14)15-5-3-2-4-6-15/h2-6,9-13,17H,7-8H2,1H3,(H,18,19). The molecule has 108 valence electrons. The number of rotatable bonds is 6. The van der Waals surface area contributed by atoms with E-state index in [1.807, 2.05) is 47.4 Å². The van der Waals surface area contributed by atoms with Gasteiger partial charge in [0.2, 0.25) is 0 Å². The molecule has 0 spiro atoms. The number of hydrogen-bond donors (Lipinski definition) is 2. The molecule has 2 heterocycles. The van der Waals surface area contributed by atoms with Gasteiger partial charge in [0.25, 0.3) is 0 Å². The first-order chi connectivity index (χ1) is 10.3. The molecule has 3 aromatic rings. The fourth-order valence-corrected chi connectivity index (χ4v) is 2.24. The molecule has 0 saturated carbocycles. The molecule has 0 saturated heterocycles. The van der Waals surface area contributed by atoms with Crippen molar-refractivity contribution in [3.63, 3.8) is 0 Å². The number of para-hydroxylation sites is 1. The lowest BCUT2D eigenvalue weighted by Gasteiger charge is -2.11. The normalized spacial score (nSPS) is 12.4. The predicted molar refractivity (Wildman–Crippen MR) is 82.3 cm³/mol. The van der Waals surface area contributed by atoms with Gasteiger partial charge in [-0.1, -0.05) is 18.2 Å². The van der Waals surface area contributed by atoms with E-state index in [0.29, 0.717) is 0 Å². The quantitative estimate of drug-likeness (QED) is 0.730. The lowest BCUT2D eigenvalue weighted by atomic mass is 10.2. The topological polar surface area (TPSA) is 58.5 Å². The van der Waals surface area contributed by atoms with Gasteiger partial charge < -0.3 is 10.3 Å². The van der Waals surface area contributed by atoms with Gasteiger partial charge in [-0.2, -0.15) is 5.10 Å². The molecule has 21 heavy (non-hydrogen) atoms. The number of H-pyrrole nitrogens is 1. The molecule has 1 atom stereocenters. The summed E-state index contributed by atoms with van der Waals surface area (Å²) in [6.45, 7) is 3.03. The molecule has 5 nitrogen and oxygen atoms in total. The van der Waals surface area contributed by atoms with Crippen LogP contribution in [0.2, 0.25) is 0 Å². The Morgan fingerprint density at radius 1 is 1.29 bits per heavy atom. The molecular formula is C16H19N5. The lowest BCUT2D eigenvalue weighted by Crippen LogP contribution is -2.21. The van der Waals surface area contributed by atoms with Crippen LogP contribution in [-0.4, -0.2) is 26.3 Å². The van der Waals surface area contributed by atoms with Crippen molar-refractivity contribution in [2.45, 2.75) is 19.4 Å². The predicted octanol–water partition coefficient (Wildman–Crippen LogP) is 2.49. The number of benzene rings is 1. The first kappa shape index (κ1) is 13.6. The zero-order chi connectivity index (χ0) is 14.5. The van der Waals surface area contributed by atoms with E-state index >= 15 is 0 Å². The minimum absolute atomic E-state index is 0.262. The van der Waals surface area contributed by atoms with Gasteiger partial charge in [0.05, 0.1) is 11.9 Å². The molecule has 0 aliphatic rings. The zero-order valence-corrected chi connectivity index (χ0v) is 12.0. The molecule has 0 fully saturated rings.